The van der Waals surface area contributed by atoms with Crippen molar-refractivity contribution < 1.29 is 14.4 Å². The molecule has 0 aliphatic heterocycles. The molecule has 1 aromatic heterocycles. The molecular formula is C9H15BrN3O2+. The Balaban J connectivity index is 2.86. The van der Waals surface area contributed by atoms with E-state index in [1.165, 1.54) is 0 Å². The summed E-state index contributed by atoms with van der Waals surface area (Å²) in [5, 5.41) is 9.13. The summed E-state index contributed by atoms with van der Waals surface area (Å²) >= 11 is 3.27. The number of likely N-dealkylation sites (N-methyl/N-ethyl adjacent to an activating group) is 1. The second-order valence-corrected chi connectivity index (χ2v) is 5.10. The quantitative estimate of drug-likeness (QED) is 0.803. The molecule has 0 aliphatic carbocycles. The third kappa shape index (κ3) is 3.04. The minimum atomic E-state index is -0.802. The Labute approximate surface area is 96.8 Å². The zero-order chi connectivity index (χ0) is 11.6. The molecule has 0 saturated carbocycles. The molecule has 1 unspecified atom stereocenters. The molecule has 2 N–H and O–H groups in total. The molecule has 15 heavy (non-hydrogen) atoms. The number of rotatable bonds is 4. The molecule has 5 nitrogen and oxygen atoms in total. The van der Waals surface area contributed by atoms with Crippen LogP contribution in [0.25, 0.3) is 0 Å². The van der Waals surface area contributed by atoms with Gasteiger partial charge < -0.3 is 14.6 Å². The van der Waals surface area contributed by atoms with Crippen LogP contribution in [0.5, 0.6) is 0 Å². The summed E-state index contributed by atoms with van der Waals surface area (Å²) in [5.41, 5.74) is 0.815. The fourth-order valence-corrected chi connectivity index (χ4v) is 1.71. The van der Waals surface area contributed by atoms with Crippen LogP contribution in [0.3, 0.4) is 0 Å². The lowest BCUT2D eigenvalue weighted by molar-refractivity contribution is -0.887. The first-order chi connectivity index (χ1) is 6.82. The molecule has 1 heterocycles. The highest BCUT2D eigenvalue weighted by atomic mass is 79.9. The van der Waals surface area contributed by atoms with Crippen molar-refractivity contribution in [1.82, 2.24) is 9.97 Å². The predicted octanol–water partition coefficient (Wildman–Crippen LogP) is 0.874. The summed E-state index contributed by atoms with van der Waals surface area (Å²) in [6, 6.07) is -0.484. The van der Waals surface area contributed by atoms with Crippen molar-refractivity contribution in [3.05, 3.63) is 16.6 Å². The second-order valence-electron chi connectivity index (χ2n) is 4.35. The summed E-state index contributed by atoms with van der Waals surface area (Å²) in [5.74, 6) is -0.802. The van der Waals surface area contributed by atoms with Crippen LogP contribution in [0, 0.1) is 0 Å². The standard InChI is InChI=1S/C9H14BrN3O2/c1-13(2,3)7(9(14)15)4-6-8(10)12-5-11-6/h5,7H,4H2,1-3H3,(H-,11,12,14,15)/p+1. The number of nitrogens with zero attached hydrogens (tertiary/aromatic N) is 2. The fourth-order valence-electron chi connectivity index (χ4n) is 1.33. The van der Waals surface area contributed by atoms with Gasteiger partial charge in [0.1, 0.15) is 4.60 Å². The lowest BCUT2D eigenvalue weighted by atomic mass is 10.1. The van der Waals surface area contributed by atoms with Gasteiger partial charge in [0.2, 0.25) is 0 Å². The van der Waals surface area contributed by atoms with E-state index >= 15 is 0 Å². The van der Waals surface area contributed by atoms with E-state index in [1.54, 1.807) is 6.33 Å². The van der Waals surface area contributed by atoms with Gasteiger partial charge in [0.25, 0.3) is 0 Å². The average Bonchev–Trinajstić information content (AvgIpc) is 2.44. The third-order valence-corrected chi connectivity index (χ3v) is 2.97. The van der Waals surface area contributed by atoms with Gasteiger partial charge in [0, 0.05) is 0 Å². The highest BCUT2D eigenvalue weighted by molar-refractivity contribution is 9.10. The molecule has 0 spiro atoms. The van der Waals surface area contributed by atoms with E-state index in [0.29, 0.717) is 15.5 Å². The number of carboxylic acid groups (broad SMARTS) is 1. The fraction of sp³-hybridized carbons (Fsp3) is 0.556. The van der Waals surface area contributed by atoms with E-state index < -0.39 is 12.0 Å². The lowest BCUT2D eigenvalue weighted by Gasteiger charge is -2.30. The number of imidazole rings is 1. The molecule has 0 fully saturated rings. The van der Waals surface area contributed by atoms with Crippen molar-refractivity contribution in [2.75, 3.05) is 21.1 Å². The highest BCUT2D eigenvalue weighted by Gasteiger charge is 2.32. The summed E-state index contributed by atoms with van der Waals surface area (Å²) < 4.78 is 1.06. The van der Waals surface area contributed by atoms with Crippen molar-refractivity contribution >= 4 is 21.9 Å². The van der Waals surface area contributed by atoms with Gasteiger partial charge in [0.05, 0.1) is 39.6 Å². The maximum absolute atomic E-state index is 11.1. The van der Waals surface area contributed by atoms with Gasteiger partial charge in [-0.05, 0) is 15.9 Å². The van der Waals surface area contributed by atoms with Crippen LogP contribution in [-0.4, -0.2) is 52.7 Å². The van der Waals surface area contributed by atoms with Crippen molar-refractivity contribution in [3.63, 3.8) is 0 Å². The number of aliphatic carboxylic acids is 1. The first-order valence-electron chi connectivity index (χ1n) is 4.54. The summed E-state index contributed by atoms with van der Waals surface area (Å²) in [6.07, 6.45) is 1.98. The van der Waals surface area contributed by atoms with Gasteiger partial charge in [-0.15, -0.1) is 0 Å². The maximum atomic E-state index is 11.1. The topological polar surface area (TPSA) is 66.0 Å². The van der Waals surface area contributed by atoms with Gasteiger partial charge in [-0.1, -0.05) is 0 Å². The number of carboxylic acids is 1. The van der Waals surface area contributed by atoms with Crippen LogP contribution in [0.4, 0.5) is 0 Å². The number of quaternary nitrogens is 1. The van der Waals surface area contributed by atoms with Crippen LogP contribution in [-0.2, 0) is 11.2 Å². The zero-order valence-corrected chi connectivity index (χ0v) is 10.6. The Morgan fingerprint density at radius 3 is 2.60 bits per heavy atom. The Bertz CT molecular complexity index is 356. The van der Waals surface area contributed by atoms with Gasteiger partial charge in [-0.2, -0.15) is 0 Å². The smallest absolute Gasteiger partial charge is 0.362 e. The average molecular weight is 277 g/mol. The summed E-state index contributed by atoms with van der Waals surface area (Å²) in [4.78, 5) is 18.0. The van der Waals surface area contributed by atoms with Gasteiger partial charge >= 0.3 is 5.97 Å². The normalized spacial score (nSPS) is 13.9. The molecule has 0 amide bonds. The molecular weight excluding hydrogens is 262 g/mol. The van der Waals surface area contributed by atoms with Crippen LogP contribution >= 0.6 is 15.9 Å². The largest absolute Gasteiger partial charge is 0.477 e. The van der Waals surface area contributed by atoms with E-state index in [1.807, 2.05) is 21.1 Å². The number of H-pyrrole nitrogens is 1. The minimum Gasteiger partial charge on any atom is -0.477 e. The van der Waals surface area contributed by atoms with Crippen molar-refractivity contribution in [2.45, 2.75) is 12.5 Å². The first-order valence-corrected chi connectivity index (χ1v) is 5.33. The van der Waals surface area contributed by atoms with Gasteiger partial charge in [-0.3, -0.25) is 0 Å². The molecule has 84 valence electrons. The van der Waals surface area contributed by atoms with Crippen LogP contribution < -0.4 is 0 Å². The first kappa shape index (κ1) is 12.2. The number of aromatic nitrogens is 2. The van der Waals surface area contributed by atoms with E-state index in [9.17, 15) is 4.79 Å². The van der Waals surface area contributed by atoms with Crippen LogP contribution in [0.1, 0.15) is 5.69 Å². The Morgan fingerprint density at radius 2 is 2.27 bits per heavy atom. The molecule has 1 atom stereocenters. The van der Waals surface area contributed by atoms with E-state index in [2.05, 4.69) is 25.9 Å². The summed E-state index contributed by atoms with van der Waals surface area (Å²) in [6.45, 7) is 0. The SMILES string of the molecule is C[N+](C)(C)C(Cc1[nH]cnc1Br)C(=O)O. The number of carbonyl (C=O) groups is 1. The number of hydrogen-bond donors (Lipinski definition) is 2. The molecule has 0 aromatic carbocycles. The third-order valence-electron chi connectivity index (χ3n) is 2.28. The van der Waals surface area contributed by atoms with E-state index in [4.69, 9.17) is 5.11 Å². The van der Waals surface area contributed by atoms with Gasteiger partial charge in [-0.25, -0.2) is 9.78 Å². The number of aromatic amines is 1. The number of halogens is 1. The summed E-state index contributed by atoms with van der Waals surface area (Å²) in [7, 11) is 5.59. The lowest BCUT2D eigenvalue weighted by Crippen LogP contribution is -2.51. The Kier molecular flexibility index (Phi) is 3.51. The minimum absolute atomic E-state index is 0.376. The van der Waals surface area contributed by atoms with Gasteiger partial charge in [0.15, 0.2) is 6.04 Å². The molecule has 6 heteroatoms. The second kappa shape index (κ2) is 4.32. The van der Waals surface area contributed by atoms with Crippen LogP contribution in [0.15, 0.2) is 10.9 Å². The predicted molar refractivity (Wildman–Crippen MR) is 59.4 cm³/mol. The molecule has 1 aromatic rings. The highest BCUT2D eigenvalue weighted by Crippen LogP contribution is 2.16. The monoisotopic (exact) mass is 276 g/mol. The molecule has 1 rings (SSSR count). The molecule has 0 bridgehead atoms. The number of nitrogens with one attached hydrogen (secondary N) is 1. The van der Waals surface area contributed by atoms with E-state index in [-0.39, 0.29) is 0 Å². The Morgan fingerprint density at radius 1 is 1.67 bits per heavy atom. The molecule has 0 aliphatic rings. The molecule has 0 saturated heterocycles. The van der Waals surface area contributed by atoms with Crippen molar-refractivity contribution in [1.29, 1.82) is 0 Å². The van der Waals surface area contributed by atoms with Crippen LogP contribution in [0.2, 0.25) is 0 Å². The van der Waals surface area contributed by atoms with Crippen molar-refractivity contribution in [3.8, 4) is 0 Å². The zero-order valence-electron chi connectivity index (χ0n) is 8.99. The Hall–Kier alpha value is -0.880. The van der Waals surface area contributed by atoms with E-state index in [0.717, 1.165) is 5.69 Å². The maximum Gasteiger partial charge on any atom is 0.362 e. The molecule has 0 radical (unpaired) electrons. The number of hydrogen-bond acceptors (Lipinski definition) is 2. The van der Waals surface area contributed by atoms with Crippen molar-refractivity contribution in [2.24, 2.45) is 0 Å².